The number of hydrogen-bond donors (Lipinski definition) is 1. The number of nitrogens with two attached hydrogens (primary N) is 1. The van der Waals surface area contributed by atoms with E-state index in [9.17, 15) is 0 Å². The molecule has 6 nitrogen and oxygen atoms in total. The van der Waals surface area contributed by atoms with E-state index in [0.717, 1.165) is 0 Å². The highest BCUT2D eigenvalue weighted by Gasteiger charge is 2.02. The highest BCUT2D eigenvalue weighted by Crippen LogP contribution is 2.10. The predicted octanol–water partition coefficient (Wildman–Crippen LogP) is 0.643. The summed E-state index contributed by atoms with van der Waals surface area (Å²) < 4.78 is 6.82. The van der Waals surface area contributed by atoms with Crippen molar-refractivity contribution in [1.82, 2.24) is 19.7 Å². The van der Waals surface area contributed by atoms with Gasteiger partial charge in [0.05, 0.1) is 6.61 Å². The summed E-state index contributed by atoms with van der Waals surface area (Å²) in [5.74, 6) is 1.60. The smallest absolute Gasteiger partial charge is 0.218 e. The summed E-state index contributed by atoms with van der Waals surface area (Å²) in [6.45, 7) is 2.46. The summed E-state index contributed by atoms with van der Waals surface area (Å²) in [5, 5.41) is 4.03. The zero-order valence-corrected chi connectivity index (χ0v) is 8.29. The van der Waals surface area contributed by atoms with E-state index in [0.29, 0.717) is 24.1 Å². The van der Waals surface area contributed by atoms with Crippen LogP contribution >= 0.6 is 0 Å². The van der Waals surface area contributed by atoms with Gasteiger partial charge in [-0.25, -0.2) is 14.6 Å². The Hall–Kier alpha value is -2.11. The van der Waals surface area contributed by atoms with Crippen LogP contribution in [0.15, 0.2) is 24.7 Å². The van der Waals surface area contributed by atoms with Gasteiger partial charge >= 0.3 is 0 Å². The van der Waals surface area contributed by atoms with Crippen molar-refractivity contribution in [2.45, 2.75) is 6.92 Å². The fraction of sp³-hybridized carbons (Fsp3) is 0.222. The van der Waals surface area contributed by atoms with Gasteiger partial charge in [-0.15, -0.1) is 5.10 Å². The van der Waals surface area contributed by atoms with Crippen molar-refractivity contribution in [3.63, 3.8) is 0 Å². The molecule has 6 heteroatoms. The monoisotopic (exact) mass is 205 g/mol. The van der Waals surface area contributed by atoms with Gasteiger partial charge in [0.2, 0.25) is 5.88 Å². The summed E-state index contributed by atoms with van der Waals surface area (Å²) in [4.78, 5) is 8.01. The Bertz CT molecular complexity index is 453. The second-order valence-electron chi connectivity index (χ2n) is 2.83. The van der Waals surface area contributed by atoms with E-state index in [-0.39, 0.29) is 0 Å². The predicted molar refractivity (Wildman–Crippen MR) is 54.7 cm³/mol. The lowest BCUT2D eigenvalue weighted by molar-refractivity contribution is 0.326. The summed E-state index contributed by atoms with van der Waals surface area (Å²) in [6, 6.07) is 3.40. The minimum atomic E-state index is 0.451. The Morgan fingerprint density at radius 1 is 1.47 bits per heavy atom. The van der Waals surface area contributed by atoms with Crippen molar-refractivity contribution in [2.75, 3.05) is 12.3 Å². The standard InChI is InChI=1S/C9H11N5O/c1-2-15-9-5-8(11-6-12-9)14-4-3-7(10)13-14/h3-6H,2H2,1H3,(H2,10,13). The third-order valence-electron chi connectivity index (χ3n) is 1.76. The number of nitrogen functional groups attached to an aromatic ring is 1. The van der Waals surface area contributed by atoms with Crippen molar-refractivity contribution in [2.24, 2.45) is 0 Å². The van der Waals surface area contributed by atoms with Crippen molar-refractivity contribution in [3.8, 4) is 11.7 Å². The fourth-order valence-corrected chi connectivity index (χ4v) is 1.15. The third-order valence-corrected chi connectivity index (χ3v) is 1.76. The Kier molecular flexibility index (Phi) is 2.49. The van der Waals surface area contributed by atoms with E-state index >= 15 is 0 Å². The van der Waals surface area contributed by atoms with Crippen molar-refractivity contribution < 1.29 is 4.74 Å². The lowest BCUT2D eigenvalue weighted by Gasteiger charge is -2.03. The Morgan fingerprint density at radius 2 is 2.33 bits per heavy atom. The van der Waals surface area contributed by atoms with E-state index in [1.807, 2.05) is 6.92 Å². The van der Waals surface area contributed by atoms with E-state index in [1.165, 1.54) is 6.33 Å². The summed E-state index contributed by atoms with van der Waals surface area (Å²) in [7, 11) is 0. The van der Waals surface area contributed by atoms with Gasteiger partial charge in [0, 0.05) is 18.3 Å². The van der Waals surface area contributed by atoms with Gasteiger partial charge in [-0.1, -0.05) is 0 Å². The fourth-order valence-electron chi connectivity index (χ4n) is 1.15. The molecule has 2 aromatic heterocycles. The molecule has 0 aliphatic rings. The molecule has 2 rings (SSSR count). The van der Waals surface area contributed by atoms with Crippen LogP contribution in [0.1, 0.15) is 6.92 Å². The van der Waals surface area contributed by atoms with Gasteiger partial charge in [-0.3, -0.25) is 0 Å². The molecule has 2 N–H and O–H groups in total. The second-order valence-corrected chi connectivity index (χ2v) is 2.83. The van der Waals surface area contributed by atoms with Crippen molar-refractivity contribution >= 4 is 5.82 Å². The van der Waals surface area contributed by atoms with Gasteiger partial charge in [0.1, 0.15) is 12.1 Å². The molecule has 2 heterocycles. The molecule has 0 unspecified atom stereocenters. The van der Waals surface area contributed by atoms with E-state index in [4.69, 9.17) is 10.5 Å². The Labute approximate surface area is 86.7 Å². The van der Waals surface area contributed by atoms with Crippen molar-refractivity contribution in [1.29, 1.82) is 0 Å². The van der Waals surface area contributed by atoms with E-state index < -0.39 is 0 Å². The SMILES string of the molecule is CCOc1cc(-n2ccc(N)n2)ncn1. The zero-order valence-electron chi connectivity index (χ0n) is 8.29. The van der Waals surface area contributed by atoms with Crippen molar-refractivity contribution in [3.05, 3.63) is 24.7 Å². The maximum Gasteiger partial charge on any atom is 0.218 e. The number of ether oxygens (including phenoxy) is 1. The average molecular weight is 205 g/mol. The summed E-state index contributed by atoms with van der Waals surface area (Å²) in [6.07, 6.45) is 3.16. The minimum Gasteiger partial charge on any atom is -0.478 e. The van der Waals surface area contributed by atoms with Crippen LogP contribution in [0.4, 0.5) is 5.82 Å². The molecule has 78 valence electrons. The summed E-state index contributed by atoms with van der Waals surface area (Å²) >= 11 is 0. The summed E-state index contributed by atoms with van der Waals surface area (Å²) in [5.41, 5.74) is 5.51. The van der Waals surface area contributed by atoms with Crippen LogP contribution in [0.2, 0.25) is 0 Å². The van der Waals surface area contributed by atoms with E-state index in [1.54, 1.807) is 23.0 Å². The second kappa shape index (κ2) is 3.95. The molecule has 0 aliphatic heterocycles. The largest absolute Gasteiger partial charge is 0.478 e. The highest BCUT2D eigenvalue weighted by molar-refractivity contribution is 5.31. The van der Waals surface area contributed by atoms with Crippen LogP contribution in [-0.2, 0) is 0 Å². The molecule has 0 radical (unpaired) electrons. The Balaban J connectivity index is 2.32. The first-order valence-corrected chi connectivity index (χ1v) is 4.56. The zero-order chi connectivity index (χ0) is 10.7. The highest BCUT2D eigenvalue weighted by atomic mass is 16.5. The molecule has 0 saturated heterocycles. The molecular formula is C9H11N5O. The number of rotatable bonds is 3. The number of hydrogen-bond acceptors (Lipinski definition) is 5. The molecule has 0 atom stereocenters. The average Bonchev–Trinajstić information content (AvgIpc) is 2.66. The molecule has 2 aromatic rings. The van der Waals surface area contributed by atoms with Gasteiger partial charge in [-0.2, -0.15) is 0 Å². The van der Waals surface area contributed by atoms with Crippen LogP contribution in [0.25, 0.3) is 5.82 Å². The first-order valence-electron chi connectivity index (χ1n) is 4.56. The number of anilines is 1. The van der Waals surface area contributed by atoms with Gasteiger partial charge in [-0.05, 0) is 6.92 Å². The van der Waals surface area contributed by atoms with Crippen LogP contribution < -0.4 is 10.5 Å². The first-order chi connectivity index (χ1) is 7.29. The lowest BCUT2D eigenvalue weighted by atomic mass is 10.5. The molecule has 0 fully saturated rings. The molecule has 0 spiro atoms. The molecule has 0 amide bonds. The minimum absolute atomic E-state index is 0.451. The number of aromatic nitrogens is 4. The maximum absolute atomic E-state index is 5.51. The van der Waals surface area contributed by atoms with Gasteiger partial charge in [0.25, 0.3) is 0 Å². The molecule has 15 heavy (non-hydrogen) atoms. The lowest BCUT2D eigenvalue weighted by Crippen LogP contribution is -2.02. The van der Waals surface area contributed by atoms with Gasteiger partial charge < -0.3 is 10.5 Å². The van der Waals surface area contributed by atoms with Crippen LogP contribution in [0.5, 0.6) is 5.88 Å². The quantitative estimate of drug-likeness (QED) is 0.795. The molecule has 0 aromatic carbocycles. The third kappa shape index (κ3) is 2.04. The molecule has 0 bridgehead atoms. The maximum atomic E-state index is 5.51. The first kappa shape index (κ1) is 9.45. The normalized spacial score (nSPS) is 10.2. The number of nitrogens with zero attached hydrogens (tertiary/aromatic N) is 4. The molecular weight excluding hydrogens is 194 g/mol. The topological polar surface area (TPSA) is 78.9 Å². The van der Waals surface area contributed by atoms with Crippen LogP contribution in [-0.4, -0.2) is 26.4 Å². The van der Waals surface area contributed by atoms with Crippen LogP contribution in [0, 0.1) is 0 Å². The molecule has 0 saturated carbocycles. The van der Waals surface area contributed by atoms with Crippen LogP contribution in [0.3, 0.4) is 0 Å². The Morgan fingerprint density at radius 3 is 3.00 bits per heavy atom. The molecule has 0 aliphatic carbocycles. The van der Waals surface area contributed by atoms with Gasteiger partial charge in [0.15, 0.2) is 5.82 Å². The van der Waals surface area contributed by atoms with E-state index in [2.05, 4.69) is 15.1 Å².